The summed E-state index contributed by atoms with van der Waals surface area (Å²) in [4.78, 5) is 13.9. The molecule has 154 valence electrons. The van der Waals surface area contributed by atoms with E-state index in [1.807, 2.05) is 24.3 Å². The molecule has 0 radical (unpaired) electrons. The lowest BCUT2D eigenvalue weighted by atomic mass is 9.81. The van der Waals surface area contributed by atoms with Crippen molar-refractivity contribution in [1.82, 2.24) is 0 Å². The van der Waals surface area contributed by atoms with E-state index in [-0.39, 0.29) is 23.0 Å². The molecule has 0 saturated heterocycles. The molecule has 1 nitrogen and oxygen atoms in total. The molecule has 0 bridgehead atoms. The quantitative estimate of drug-likeness (QED) is 0.379. The van der Waals surface area contributed by atoms with Crippen LogP contribution in [0.5, 0.6) is 0 Å². The Kier molecular flexibility index (Phi) is 7.12. The van der Waals surface area contributed by atoms with Crippen molar-refractivity contribution in [1.29, 1.82) is 0 Å². The molecular formula is C28H36O. The Labute approximate surface area is 177 Å². The van der Waals surface area contributed by atoms with E-state index in [1.54, 1.807) is 0 Å². The predicted octanol–water partition coefficient (Wildman–Crippen LogP) is 7.69. The second kappa shape index (κ2) is 9.00. The smallest absolute Gasteiger partial charge is 0.194 e. The molecule has 0 fully saturated rings. The summed E-state index contributed by atoms with van der Waals surface area (Å²) in [5, 5.41) is 0. The molecule has 0 atom stereocenters. The van der Waals surface area contributed by atoms with Gasteiger partial charge < -0.3 is 0 Å². The second-order valence-corrected chi connectivity index (χ2v) is 9.91. The van der Waals surface area contributed by atoms with Crippen LogP contribution in [0.25, 0.3) is 0 Å². The van der Waals surface area contributed by atoms with E-state index in [1.165, 1.54) is 5.56 Å². The van der Waals surface area contributed by atoms with Crippen molar-refractivity contribution in [2.75, 3.05) is 0 Å². The molecule has 0 spiro atoms. The van der Waals surface area contributed by atoms with Gasteiger partial charge in [-0.3, -0.25) is 4.79 Å². The number of benzene rings is 2. The molecule has 0 saturated carbocycles. The van der Waals surface area contributed by atoms with Crippen LogP contribution < -0.4 is 0 Å². The zero-order valence-electron chi connectivity index (χ0n) is 19.6. The van der Waals surface area contributed by atoms with Gasteiger partial charge in [0.25, 0.3) is 0 Å². The van der Waals surface area contributed by atoms with Gasteiger partial charge in [0, 0.05) is 22.1 Å². The molecule has 0 N–H and O–H groups in total. The number of hydrogen-bond donors (Lipinski definition) is 0. The number of carbonyl (C=O) groups is 1. The maximum absolute atomic E-state index is 13.9. The fourth-order valence-corrected chi connectivity index (χ4v) is 3.40. The van der Waals surface area contributed by atoms with E-state index < -0.39 is 0 Å². The topological polar surface area (TPSA) is 17.1 Å². The number of ketones is 1. The van der Waals surface area contributed by atoms with Gasteiger partial charge in [-0.25, -0.2) is 0 Å². The first kappa shape index (κ1) is 23.0. The number of hydrogen-bond acceptors (Lipinski definition) is 1. The van der Waals surface area contributed by atoms with Gasteiger partial charge in [-0.1, -0.05) is 77.6 Å². The van der Waals surface area contributed by atoms with E-state index >= 15 is 0 Å². The minimum Gasteiger partial charge on any atom is -0.289 e. The first-order valence-corrected chi connectivity index (χ1v) is 10.8. The lowest BCUT2D eigenvalue weighted by molar-refractivity contribution is 0.103. The normalized spacial score (nSPS) is 11.7. The molecule has 2 aromatic carbocycles. The number of rotatable bonds is 5. The molecule has 2 rings (SSSR count). The van der Waals surface area contributed by atoms with Crippen LogP contribution in [0.4, 0.5) is 0 Å². The molecule has 0 aliphatic heterocycles. The van der Waals surface area contributed by atoms with Gasteiger partial charge in [-0.15, -0.1) is 0 Å². The van der Waals surface area contributed by atoms with Crippen molar-refractivity contribution < 1.29 is 4.79 Å². The Morgan fingerprint density at radius 2 is 1.34 bits per heavy atom. The first-order chi connectivity index (χ1) is 13.4. The summed E-state index contributed by atoms with van der Waals surface area (Å²) < 4.78 is 0. The maximum atomic E-state index is 13.9. The van der Waals surface area contributed by atoms with Crippen LogP contribution in [0.1, 0.15) is 118 Å². The zero-order chi connectivity index (χ0) is 21.9. The van der Waals surface area contributed by atoms with E-state index in [0.29, 0.717) is 11.5 Å². The van der Waals surface area contributed by atoms with Gasteiger partial charge in [0.2, 0.25) is 0 Å². The average Bonchev–Trinajstić information content (AvgIpc) is 2.64. The van der Waals surface area contributed by atoms with Gasteiger partial charge in [-0.05, 0) is 67.3 Å². The summed E-state index contributed by atoms with van der Waals surface area (Å²) in [5.74, 6) is 7.61. The molecule has 2 aromatic rings. The lowest BCUT2D eigenvalue weighted by Gasteiger charge is -2.22. The molecule has 0 aliphatic rings. The van der Waals surface area contributed by atoms with Gasteiger partial charge in [-0.2, -0.15) is 0 Å². The summed E-state index contributed by atoms with van der Waals surface area (Å²) >= 11 is 0. The van der Waals surface area contributed by atoms with Crippen LogP contribution in [0.15, 0.2) is 36.4 Å². The van der Waals surface area contributed by atoms with Crippen molar-refractivity contribution >= 4 is 5.78 Å². The zero-order valence-corrected chi connectivity index (χ0v) is 19.6. The predicted molar refractivity (Wildman–Crippen MR) is 125 cm³/mol. The van der Waals surface area contributed by atoms with Gasteiger partial charge in [0.05, 0.1) is 0 Å². The summed E-state index contributed by atoms with van der Waals surface area (Å²) in [6.45, 7) is 19.4. The van der Waals surface area contributed by atoms with E-state index in [4.69, 9.17) is 0 Å². The van der Waals surface area contributed by atoms with Crippen molar-refractivity contribution in [2.45, 2.75) is 80.1 Å². The molecule has 29 heavy (non-hydrogen) atoms. The Hall–Kier alpha value is -2.33. The van der Waals surface area contributed by atoms with Crippen LogP contribution in [-0.2, 0) is 0 Å². The maximum Gasteiger partial charge on any atom is 0.194 e. The minimum absolute atomic E-state index is 0.0894. The average molecular weight is 389 g/mol. The Morgan fingerprint density at radius 3 is 1.79 bits per heavy atom. The molecule has 0 heterocycles. The Bertz CT molecular complexity index is 911. The van der Waals surface area contributed by atoms with Crippen LogP contribution in [0.3, 0.4) is 0 Å². The van der Waals surface area contributed by atoms with Crippen molar-refractivity contribution in [3.63, 3.8) is 0 Å². The van der Waals surface area contributed by atoms with Crippen LogP contribution in [-0.4, -0.2) is 5.78 Å². The number of carbonyl (C=O) groups excluding carboxylic acids is 1. The lowest BCUT2D eigenvalue weighted by Crippen LogP contribution is -2.14. The summed E-state index contributed by atoms with van der Waals surface area (Å²) in [6.07, 6.45) is 0. The Morgan fingerprint density at radius 1 is 0.828 bits per heavy atom. The summed E-state index contributed by atoms with van der Waals surface area (Å²) in [7, 11) is 0. The van der Waals surface area contributed by atoms with Gasteiger partial charge in [0.15, 0.2) is 5.78 Å². The highest BCUT2D eigenvalue weighted by molar-refractivity contribution is 6.12. The summed E-state index contributed by atoms with van der Waals surface area (Å²) in [6, 6.07) is 12.2. The summed E-state index contributed by atoms with van der Waals surface area (Å²) in [5.41, 5.74) is 5.85. The highest BCUT2D eigenvalue weighted by Gasteiger charge is 2.24. The molecule has 0 unspecified atom stereocenters. The molecule has 0 aromatic heterocycles. The highest BCUT2D eigenvalue weighted by atomic mass is 16.1. The van der Waals surface area contributed by atoms with Crippen molar-refractivity contribution in [2.24, 2.45) is 5.41 Å². The fourth-order valence-electron chi connectivity index (χ4n) is 3.40. The highest BCUT2D eigenvalue weighted by Crippen LogP contribution is 2.34. The third-order valence-electron chi connectivity index (χ3n) is 5.10. The fraction of sp³-hybridized carbons (Fsp3) is 0.464. The Balaban J connectivity index is 2.75. The SMILES string of the molecule is CC(C)c1cc(C(C)C)c(C(=O)c2ccccc2C#CC(C)(C)C)c(C(C)C)c1. The van der Waals surface area contributed by atoms with Crippen LogP contribution in [0.2, 0.25) is 0 Å². The molecular weight excluding hydrogens is 352 g/mol. The molecule has 0 amide bonds. The molecule has 1 heteroatoms. The largest absolute Gasteiger partial charge is 0.289 e. The monoisotopic (exact) mass is 388 g/mol. The van der Waals surface area contributed by atoms with Gasteiger partial charge in [0.1, 0.15) is 0 Å². The molecule has 0 aliphatic carbocycles. The standard InChI is InChI=1S/C28H36O/c1-18(2)22-16-24(19(3)4)26(25(17-22)20(5)6)27(29)23-13-11-10-12-21(23)14-15-28(7,8)9/h10-13,16-20H,1-9H3. The van der Waals surface area contributed by atoms with Crippen molar-refractivity contribution in [3.8, 4) is 11.8 Å². The van der Waals surface area contributed by atoms with E-state index in [2.05, 4.69) is 86.3 Å². The minimum atomic E-state index is -0.110. The third-order valence-corrected chi connectivity index (χ3v) is 5.10. The van der Waals surface area contributed by atoms with E-state index in [9.17, 15) is 4.79 Å². The van der Waals surface area contributed by atoms with Crippen LogP contribution >= 0.6 is 0 Å². The second-order valence-electron chi connectivity index (χ2n) is 9.91. The van der Waals surface area contributed by atoms with Crippen molar-refractivity contribution in [3.05, 3.63) is 69.8 Å². The van der Waals surface area contributed by atoms with E-state index in [0.717, 1.165) is 22.3 Å². The third kappa shape index (κ3) is 5.60. The van der Waals surface area contributed by atoms with Crippen LogP contribution in [0, 0.1) is 17.3 Å². The first-order valence-electron chi connectivity index (χ1n) is 10.8. The van der Waals surface area contributed by atoms with Gasteiger partial charge >= 0.3 is 0 Å².